The number of amides is 3. The molecule has 3 rings (SSSR count). The molecule has 1 aromatic heterocycles. The molecule has 1 aromatic carbocycles. The second-order valence-electron chi connectivity index (χ2n) is 8.41. The molecule has 0 saturated carbocycles. The van der Waals surface area contributed by atoms with Crippen molar-refractivity contribution < 1.29 is 14.4 Å². The van der Waals surface area contributed by atoms with Crippen molar-refractivity contribution >= 4 is 23.5 Å². The highest BCUT2D eigenvalue weighted by Crippen LogP contribution is 2.39. The molecule has 1 saturated heterocycles. The number of nitrogens with zero attached hydrogens (tertiary/aromatic N) is 3. The second-order valence-corrected chi connectivity index (χ2v) is 8.41. The van der Waals surface area contributed by atoms with Crippen LogP contribution in [0, 0.1) is 6.92 Å². The predicted molar refractivity (Wildman–Crippen MR) is 123 cm³/mol. The number of aryl methyl sites for hydroxylation is 1. The Balaban J connectivity index is 1.69. The minimum absolute atomic E-state index is 0.0328. The van der Waals surface area contributed by atoms with Crippen LogP contribution in [0.2, 0.25) is 0 Å². The first kappa shape index (κ1) is 23.4. The van der Waals surface area contributed by atoms with Gasteiger partial charge in [-0.25, -0.2) is 4.98 Å². The minimum atomic E-state index is -0.676. The highest BCUT2D eigenvalue weighted by Gasteiger charge is 2.47. The monoisotopic (exact) mass is 437 g/mol. The molecule has 32 heavy (non-hydrogen) atoms. The van der Waals surface area contributed by atoms with Crippen molar-refractivity contribution in [1.82, 2.24) is 14.8 Å². The molecule has 1 aliphatic heterocycles. The molecule has 3 N–H and O–H groups in total. The number of hydrogen-bond acceptors (Lipinski definition) is 5. The van der Waals surface area contributed by atoms with Crippen LogP contribution in [0.3, 0.4) is 0 Å². The topological polar surface area (TPSA) is 109 Å². The van der Waals surface area contributed by atoms with Crippen molar-refractivity contribution in [2.75, 3.05) is 19.4 Å². The smallest absolute Gasteiger partial charge is 0.240 e. The molecule has 0 unspecified atom stereocenters. The van der Waals surface area contributed by atoms with Gasteiger partial charge < -0.3 is 20.9 Å². The van der Waals surface area contributed by atoms with Gasteiger partial charge in [-0.1, -0.05) is 36.4 Å². The van der Waals surface area contributed by atoms with Gasteiger partial charge in [0.15, 0.2) is 0 Å². The van der Waals surface area contributed by atoms with E-state index in [1.165, 1.54) is 0 Å². The van der Waals surface area contributed by atoms with E-state index in [1.54, 1.807) is 11.0 Å². The van der Waals surface area contributed by atoms with Crippen LogP contribution >= 0.6 is 0 Å². The molecule has 8 nitrogen and oxygen atoms in total. The molecule has 3 amide bonds. The highest BCUT2D eigenvalue weighted by atomic mass is 16.2. The van der Waals surface area contributed by atoms with E-state index in [9.17, 15) is 14.4 Å². The number of benzene rings is 1. The molecule has 170 valence electrons. The maximum Gasteiger partial charge on any atom is 0.240 e. The lowest BCUT2D eigenvalue weighted by molar-refractivity contribution is -0.139. The van der Waals surface area contributed by atoms with E-state index in [4.69, 9.17) is 5.73 Å². The lowest BCUT2D eigenvalue weighted by atomic mass is 9.98. The summed E-state index contributed by atoms with van der Waals surface area (Å²) in [7, 11) is 3.88. The van der Waals surface area contributed by atoms with Crippen LogP contribution in [0.25, 0.3) is 0 Å². The summed E-state index contributed by atoms with van der Waals surface area (Å²) in [5.41, 5.74) is 7.46. The Bertz CT molecular complexity index is 963. The molecule has 0 aliphatic carbocycles. The van der Waals surface area contributed by atoms with Gasteiger partial charge >= 0.3 is 0 Å². The Kier molecular flexibility index (Phi) is 7.58. The van der Waals surface area contributed by atoms with E-state index in [0.29, 0.717) is 18.7 Å². The average Bonchev–Trinajstić information content (AvgIpc) is 3.16. The zero-order valence-corrected chi connectivity index (χ0v) is 18.8. The van der Waals surface area contributed by atoms with Crippen molar-refractivity contribution in [1.29, 1.82) is 0 Å². The molecule has 0 spiro atoms. The normalized spacial score (nSPS) is 20.4. The Morgan fingerprint density at radius 1 is 1.09 bits per heavy atom. The van der Waals surface area contributed by atoms with Crippen molar-refractivity contribution in [2.45, 2.75) is 50.7 Å². The first-order chi connectivity index (χ1) is 15.3. The molecule has 3 atom stereocenters. The van der Waals surface area contributed by atoms with E-state index in [1.807, 2.05) is 68.4 Å². The van der Waals surface area contributed by atoms with Crippen molar-refractivity contribution in [2.24, 2.45) is 5.73 Å². The van der Waals surface area contributed by atoms with Gasteiger partial charge in [0.1, 0.15) is 11.9 Å². The van der Waals surface area contributed by atoms with Crippen LogP contribution in [0.5, 0.6) is 0 Å². The summed E-state index contributed by atoms with van der Waals surface area (Å²) < 4.78 is 0. The van der Waals surface area contributed by atoms with Crippen LogP contribution in [-0.4, -0.2) is 58.7 Å². The van der Waals surface area contributed by atoms with Gasteiger partial charge in [-0.3, -0.25) is 14.4 Å². The molecule has 0 radical (unpaired) electrons. The minimum Gasteiger partial charge on any atom is -0.368 e. The number of primary amides is 1. The first-order valence-corrected chi connectivity index (χ1v) is 10.8. The average molecular weight is 438 g/mol. The van der Waals surface area contributed by atoms with Crippen molar-refractivity contribution in [3.05, 3.63) is 59.8 Å². The van der Waals surface area contributed by atoms with Gasteiger partial charge in [0, 0.05) is 24.6 Å². The zero-order chi connectivity index (χ0) is 23.3. The van der Waals surface area contributed by atoms with Gasteiger partial charge in [0.2, 0.25) is 17.7 Å². The summed E-state index contributed by atoms with van der Waals surface area (Å²) in [6.07, 6.45) is 1.19. The number of rotatable bonds is 8. The summed E-state index contributed by atoms with van der Waals surface area (Å²) >= 11 is 0. The van der Waals surface area contributed by atoms with Gasteiger partial charge in [-0.2, -0.15) is 0 Å². The predicted octanol–water partition coefficient (Wildman–Crippen LogP) is 2.26. The third-order valence-electron chi connectivity index (χ3n) is 5.84. The van der Waals surface area contributed by atoms with Gasteiger partial charge in [-0.15, -0.1) is 0 Å². The Hall–Kier alpha value is -3.26. The van der Waals surface area contributed by atoms with Gasteiger partial charge in [0.25, 0.3) is 0 Å². The van der Waals surface area contributed by atoms with Gasteiger partial charge in [0.05, 0.1) is 6.04 Å². The zero-order valence-electron chi connectivity index (χ0n) is 18.8. The molecule has 1 aliphatic rings. The van der Waals surface area contributed by atoms with E-state index in [-0.39, 0.29) is 36.7 Å². The van der Waals surface area contributed by atoms with E-state index in [0.717, 1.165) is 11.3 Å². The standard InChI is InChI=1S/C24H31N5O3/c1-16-9-7-12-20(26-16)27-21(30)13-8-14-22(31)29-19(24(25)32)15-18(28(2)3)23(29)17-10-5-4-6-11-17/h4-7,9-12,18-19,23H,8,13-15H2,1-3H3,(H2,25,32)(H,26,27,30)/t18-,19+,23+/m1/s1. The number of nitrogens with two attached hydrogens (primary N) is 1. The summed E-state index contributed by atoms with van der Waals surface area (Å²) in [4.78, 5) is 45.6. The number of likely N-dealkylation sites (tertiary alicyclic amines) is 1. The quantitative estimate of drug-likeness (QED) is 0.658. The molecule has 8 heteroatoms. The summed E-state index contributed by atoms with van der Waals surface area (Å²) in [5, 5.41) is 2.75. The van der Waals surface area contributed by atoms with E-state index in [2.05, 4.69) is 10.3 Å². The largest absolute Gasteiger partial charge is 0.368 e. The third-order valence-corrected chi connectivity index (χ3v) is 5.84. The Labute approximate surface area is 188 Å². The molecular weight excluding hydrogens is 406 g/mol. The second kappa shape index (κ2) is 10.4. The fourth-order valence-corrected chi connectivity index (χ4v) is 4.31. The number of carbonyl (C=O) groups is 3. The van der Waals surface area contributed by atoms with Crippen molar-refractivity contribution in [3.63, 3.8) is 0 Å². The maximum atomic E-state index is 13.3. The summed E-state index contributed by atoms with van der Waals surface area (Å²) in [5.74, 6) is -0.387. The molecule has 0 bridgehead atoms. The van der Waals surface area contributed by atoms with Crippen LogP contribution in [-0.2, 0) is 14.4 Å². The van der Waals surface area contributed by atoms with Crippen LogP contribution in [0.15, 0.2) is 48.5 Å². The Morgan fingerprint density at radius 3 is 2.44 bits per heavy atom. The van der Waals surface area contributed by atoms with Gasteiger partial charge in [-0.05, 0) is 51.6 Å². The van der Waals surface area contributed by atoms with Crippen molar-refractivity contribution in [3.8, 4) is 0 Å². The number of hydrogen-bond donors (Lipinski definition) is 2. The number of aromatic nitrogens is 1. The SMILES string of the molecule is Cc1cccc(NC(=O)CCCC(=O)N2[C@H](C(N)=O)C[C@@H](N(C)C)[C@@H]2c2ccccc2)n1. The number of carbonyl (C=O) groups excluding carboxylic acids is 3. The van der Waals surface area contributed by atoms with Crippen LogP contribution in [0.1, 0.15) is 43.0 Å². The molecule has 2 heterocycles. The summed E-state index contributed by atoms with van der Waals surface area (Å²) in [6, 6.07) is 14.1. The maximum absolute atomic E-state index is 13.3. The molecule has 2 aromatic rings. The lowest BCUT2D eigenvalue weighted by Crippen LogP contribution is -2.45. The third kappa shape index (κ3) is 5.50. The summed E-state index contributed by atoms with van der Waals surface area (Å²) in [6.45, 7) is 1.85. The lowest BCUT2D eigenvalue weighted by Gasteiger charge is -2.33. The number of nitrogens with one attached hydrogen (secondary N) is 1. The van der Waals surface area contributed by atoms with E-state index >= 15 is 0 Å². The Morgan fingerprint density at radius 2 is 1.81 bits per heavy atom. The number of anilines is 1. The molecular formula is C24H31N5O3. The number of pyridine rings is 1. The fraction of sp³-hybridized carbons (Fsp3) is 0.417. The fourth-order valence-electron chi connectivity index (χ4n) is 4.31. The van der Waals surface area contributed by atoms with Crippen LogP contribution < -0.4 is 11.1 Å². The first-order valence-electron chi connectivity index (χ1n) is 10.8. The van der Waals surface area contributed by atoms with Crippen LogP contribution in [0.4, 0.5) is 5.82 Å². The van der Waals surface area contributed by atoms with E-state index < -0.39 is 11.9 Å². The highest BCUT2D eigenvalue weighted by molar-refractivity contribution is 5.91. The number of likely N-dealkylation sites (N-methyl/N-ethyl adjacent to an activating group) is 1. The molecule has 1 fully saturated rings.